The van der Waals surface area contributed by atoms with Crippen molar-refractivity contribution in [2.24, 2.45) is 0 Å². The number of aromatic nitrogens is 3. The average molecular weight is 422 g/mol. The molecule has 0 radical (unpaired) electrons. The van der Waals surface area contributed by atoms with Crippen LogP contribution in [0.25, 0.3) is 0 Å². The number of ether oxygens (including phenoxy) is 1. The molecule has 2 amide bonds. The van der Waals surface area contributed by atoms with Crippen LogP contribution in [0.3, 0.4) is 0 Å². The molecule has 0 bridgehead atoms. The highest BCUT2D eigenvalue weighted by Crippen LogP contribution is 2.35. The molecule has 11 nitrogen and oxygen atoms in total. The zero-order chi connectivity index (χ0) is 21.8. The number of rotatable bonds is 7. The zero-order valence-corrected chi connectivity index (χ0v) is 16.2. The van der Waals surface area contributed by atoms with Crippen molar-refractivity contribution in [3.05, 3.63) is 76.9 Å². The van der Waals surface area contributed by atoms with E-state index in [1.54, 1.807) is 11.0 Å². The van der Waals surface area contributed by atoms with Gasteiger partial charge in [0, 0.05) is 12.1 Å². The molecule has 2 aromatic carbocycles. The highest BCUT2D eigenvalue weighted by molar-refractivity contribution is 6.02. The molecule has 4 rings (SSSR count). The number of non-ortho nitro benzene ring substituents is 1. The minimum Gasteiger partial charge on any atom is -0.482 e. The Morgan fingerprint density at radius 1 is 1.26 bits per heavy atom. The van der Waals surface area contributed by atoms with Crippen LogP contribution in [-0.4, -0.2) is 44.7 Å². The Kier molecular flexibility index (Phi) is 5.56. The van der Waals surface area contributed by atoms with Crippen molar-refractivity contribution < 1.29 is 19.2 Å². The summed E-state index contributed by atoms with van der Waals surface area (Å²) in [4.78, 5) is 40.9. The van der Waals surface area contributed by atoms with Gasteiger partial charge in [-0.1, -0.05) is 30.3 Å². The predicted molar refractivity (Wildman–Crippen MR) is 108 cm³/mol. The number of hydrogen-bond acceptors (Lipinski definition) is 7. The van der Waals surface area contributed by atoms with Crippen LogP contribution in [0.2, 0.25) is 0 Å². The first-order chi connectivity index (χ1) is 15.0. The van der Waals surface area contributed by atoms with Gasteiger partial charge in [-0.2, -0.15) is 5.10 Å². The number of anilines is 1. The van der Waals surface area contributed by atoms with Crippen molar-refractivity contribution >= 4 is 23.2 Å². The third-order valence-corrected chi connectivity index (χ3v) is 4.77. The van der Waals surface area contributed by atoms with Crippen LogP contribution < -0.4 is 15.0 Å². The van der Waals surface area contributed by atoms with E-state index in [-0.39, 0.29) is 24.5 Å². The van der Waals surface area contributed by atoms with Gasteiger partial charge < -0.3 is 10.1 Å². The second-order valence-electron chi connectivity index (χ2n) is 6.83. The first-order valence-electron chi connectivity index (χ1n) is 9.39. The van der Waals surface area contributed by atoms with Gasteiger partial charge in [0.25, 0.3) is 11.6 Å². The van der Waals surface area contributed by atoms with Crippen LogP contribution in [-0.2, 0) is 16.1 Å². The second kappa shape index (κ2) is 8.61. The quantitative estimate of drug-likeness (QED) is 0.450. The maximum atomic E-state index is 12.9. The number of nitro benzene ring substituents is 1. The second-order valence-corrected chi connectivity index (χ2v) is 6.83. The number of fused-ring (bicyclic) bond motifs is 1. The number of carbonyl (C=O) groups is 2. The molecule has 1 N–H and O–H groups in total. The monoisotopic (exact) mass is 422 g/mol. The average Bonchev–Trinajstić information content (AvgIpc) is 3.28. The van der Waals surface area contributed by atoms with E-state index in [9.17, 15) is 19.7 Å². The lowest BCUT2D eigenvalue weighted by Gasteiger charge is -2.29. The topological polar surface area (TPSA) is 132 Å². The number of hydrogen-bond donors (Lipinski definition) is 1. The molecule has 0 spiro atoms. The van der Waals surface area contributed by atoms with Gasteiger partial charge in [-0.25, -0.2) is 4.98 Å². The zero-order valence-electron chi connectivity index (χ0n) is 16.2. The van der Waals surface area contributed by atoms with E-state index in [1.807, 2.05) is 30.3 Å². The fourth-order valence-electron chi connectivity index (χ4n) is 3.29. The van der Waals surface area contributed by atoms with Crippen LogP contribution in [0, 0.1) is 10.1 Å². The molecule has 158 valence electrons. The molecule has 1 unspecified atom stereocenters. The number of nitro groups is 1. The van der Waals surface area contributed by atoms with Crippen LogP contribution in [0.4, 0.5) is 11.4 Å². The molecule has 2 heterocycles. The summed E-state index contributed by atoms with van der Waals surface area (Å²) in [6.07, 6.45) is 2.95. The fraction of sp³-hybridized carbons (Fsp3) is 0.200. The lowest BCUT2D eigenvalue weighted by atomic mass is 10.1. The molecule has 1 aromatic heterocycles. The van der Waals surface area contributed by atoms with E-state index >= 15 is 0 Å². The van der Waals surface area contributed by atoms with Crippen LogP contribution in [0.5, 0.6) is 5.75 Å². The van der Waals surface area contributed by atoms with Crippen molar-refractivity contribution in [1.29, 1.82) is 0 Å². The Bertz CT molecular complexity index is 1100. The third-order valence-electron chi connectivity index (χ3n) is 4.77. The van der Waals surface area contributed by atoms with E-state index in [1.165, 1.54) is 29.4 Å². The summed E-state index contributed by atoms with van der Waals surface area (Å²) in [5.41, 5.74) is 0.847. The Hall–Kier alpha value is -4.28. The van der Waals surface area contributed by atoms with Crippen LogP contribution in [0.15, 0.2) is 61.2 Å². The highest BCUT2D eigenvalue weighted by Gasteiger charge is 2.30. The summed E-state index contributed by atoms with van der Waals surface area (Å²) in [6.45, 7) is -0.217. The molecule has 31 heavy (non-hydrogen) atoms. The minimum atomic E-state index is -0.568. The SMILES string of the molecule is O=C(CN1C(=O)COc2ccc([N+](=O)[O-])cc21)NC(Cn1cncn1)c1ccccc1. The molecule has 1 aliphatic rings. The van der Waals surface area contributed by atoms with Crippen molar-refractivity contribution in [3.63, 3.8) is 0 Å². The van der Waals surface area contributed by atoms with Crippen LogP contribution >= 0.6 is 0 Å². The van der Waals surface area contributed by atoms with Crippen molar-refractivity contribution in [2.45, 2.75) is 12.6 Å². The number of nitrogens with zero attached hydrogens (tertiary/aromatic N) is 5. The highest BCUT2D eigenvalue weighted by atomic mass is 16.6. The third kappa shape index (κ3) is 4.50. The molecule has 3 aromatic rings. The molecule has 0 aliphatic carbocycles. The largest absolute Gasteiger partial charge is 0.482 e. The molecule has 1 aliphatic heterocycles. The molecule has 11 heteroatoms. The van der Waals surface area contributed by atoms with Gasteiger partial charge in [-0.15, -0.1) is 0 Å². The summed E-state index contributed by atoms with van der Waals surface area (Å²) in [6, 6.07) is 12.8. The molecular weight excluding hydrogens is 404 g/mol. The number of nitrogens with one attached hydrogen (secondary N) is 1. The lowest BCUT2D eigenvalue weighted by Crippen LogP contribution is -2.46. The van der Waals surface area contributed by atoms with Gasteiger partial charge in [0.2, 0.25) is 5.91 Å². The van der Waals surface area contributed by atoms with E-state index in [2.05, 4.69) is 15.4 Å². The Morgan fingerprint density at radius 2 is 2.06 bits per heavy atom. The van der Waals surface area contributed by atoms with Gasteiger partial charge in [-0.05, 0) is 11.6 Å². The predicted octanol–water partition coefficient (Wildman–Crippen LogP) is 1.47. The number of benzene rings is 2. The summed E-state index contributed by atoms with van der Waals surface area (Å²) >= 11 is 0. The fourth-order valence-corrected chi connectivity index (χ4v) is 3.29. The molecule has 0 saturated carbocycles. The van der Waals surface area contributed by atoms with Crippen molar-refractivity contribution in [1.82, 2.24) is 20.1 Å². The van der Waals surface area contributed by atoms with E-state index in [0.717, 1.165) is 5.56 Å². The summed E-state index contributed by atoms with van der Waals surface area (Å²) in [7, 11) is 0. The van der Waals surface area contributed by atoms with Gasteiger partial charge in [-0.3, -0.25) is 29.3 Å². The normalized spacial score (nSPS) is 13.8. The smallest absolute Gasteiger partial charge is 0.271 e. The first kappa shape index (κ1) is 20.0. The van der Waals surface area contributed by atoms with Gasteiger partial charge in [0.15, 0.2) is 6.61 Å². The first-order valence-corrected chi connectivity index (χ1v) is 9.39. The molecule has 0 saturated heterocycles. The summed E-state index contributed by atoms with van der Waals surface area (Å²) < 4.78 is 6.93. The number of carbonyl (C=O) groups excluding carboxylic acids is 2. The van der Waals surface area contributed by atoms with Crippen molar-refractivity contribution in [2.75, 3.05) is 18.1 Å². The van der Waals surface area contributed by atoms with E-state index in [4.69, 9.17) is 4.74 Å². The molecule has 1 atom stereocenters. The molecule has 0 fully saturated rings. The van der Waals surface area contributed by atoms with Gasteiger partial charge in [0.05, 0.1) is 23.2 Å². The van der Waals surface area contributed by atoms with E-state index < -0.39 is 22.8 Å². The van der Waals surface area contributed by atoms with Gasteiger partial charge in [0.1, 0.15) is 24.9 Å². The Morgan fingerprint density at radius 3 is 2.77 bits per heavy atom. The summed E-state index contributed by atoms with van der Waals surface area (Å²) in [5, 5.41) is 18.1. The van der Waals surface area contributed by atoms with E-state index in [0.29, 0.717) is 12.3 Å². The number of amides is 2. The standard InChI is InChI=1S/C20H18N6O5/c27-19(23-16(9-24-13-21-12-22-24)14-4-2-1-3-5-14)10-25-17-8-15(26(29)30)6-7-18(17)31-11-20(25)28/h1-8,12-13,16H,9-11H2,(H,23,27). The van der Waals surface area contributed by atoms with Gasteiger partial charge >= 0.3 is 0 Å². The van der Waals surface area contributed by atoms with Crippen LogP contribution in [0.1, 0.15) is 11.6 Å². The maximum Gasteiger partial charge on any atom is 0.271 e. The minimum absolute atomic E-state index is 0.188. The molecular formula is C20H18N6O5. The Labute approximate surface area is 176 Å². The van der Waals surface area contributed by atoms with Crippen molar-refractivity contribution in [3.8, 4) is 5.75 Å². The maximum absolute atomic E-state index is 12.9. The summed E-state index contributed by atoms with van der Waals surface area (Å²) in [5.74, 6) is -0.586. The Balaban J connectivity index is 1.55. The lowest BCUT2D eigenvalue weighted by molar-refractivity contribution is -0.384.